The van der Waals surface area contributed by atoms with E-state index in [4.69, 9.17) is 16.3 Å². The van der Waals surface area contributed by atoms with Crippen molar-refractivity contribution in [2.75, 3.05) is 25.1 Å². The molecule has 0 spiro atoms. The average Bonchev–Trinajstić information content (AvgIpc) is 2.37. The molecular formula is C15H23ClFNO2. The van der Waals surface area contributed by atoms with Crippen molar-refractivity contribution in [1.82, 2.24) is 0 Å². The first kappa shape index (κ1) is 17.2. The van der Waals surface area contributed by atoms with Crippen LogP contribution in [0.4, 0.5) is 10.1 Å². The van der Waals surface area contributed by atoms with E-state index in [9.17, 15) is 9.50 Å². The van der Waals surface area contributed by atoms with E-state index in [1.165, 1.54) is 12.1 Å². The van der Waals surface area contributed by atoms with Gasteiger partial charge in [0, 0.05) is 13.2 Å². The van der Waals surface area contributed by atoms with E-state index in [0.717, 1.165) is 12.8 Å². The Hall–Kier alpha value is -0.840. The summed E-state index contributed by atoms with van der Waals surface area (Å²) >= 11 is 5.87. The number of benzene rings is 1. The molecule has 1 aromatic rings. The molecule has 5 heteroatoms. The van der Waals surface area contributed by atoms with Gasteiger partial charge in [0.25, 0.3) is 0 Å². The van der Waals surface area contributed by atoms with Gasteiger partial charge in [0.05, 0.1) is 23.4 Å². The summed E-state index contributed by atoms with van der Waals surface area (Å²) in [6, 6.07) is 4.11. The number of anilines is 1. The monoisotopic (exact) mass is 303 g/mol. The van der Waals surface area contributed by atoms with Crippen molar-refractivity contribution in [2.45, 2.75) is 32.8 Å². The standard InChI is InChI=1S/C15H23ClFNO2/c1-11(2)4-3-7-20-10-13(19)9-18-15-6-5-12(17)8-14(15)16/h5-6,8,11,13,18-19H,3-4,7,9-10H2,1-2H3. The van der Waals surface area contributed by atoms with Gasteiger partial charge in [-0.3, -0.25) is 0 Å². The first-order chi connectivity index (χ1) is 9.49. The number of hydrogen-bond acceptors (Lipinski definition) is 3. The van der Waals surface area contributed by atoms with Gasteiger partial charge in [-0.2, -0.15) is 0 Å². The Morgan fingerprint density at radius 2 is 2.15 bits per heavy atom. The summed E-state index contributed by atoms with van der Waals surface area (Å²) in [5.41, 5.74) is 0.604. The maximum absolute atomic E-state index is 12.9. The fourth-order valence-electron chi connectivity index (χ4n) is 1.73. The van der Waals surface area contributed by atoms with Crippen molar-refractivity contribution in [2.24, 2.45) is 5.92 Å². The second-order valence-corrected chi connectivity index (χ2v) is 5.68. The van der Waals surface area contributed by atoms with Crippen LogP contribution in [-0.4, -0.2) is 31.0 Å². The molecule has 0 fully saturated rings. The third kappa shape index (κ3) is 7.08. The van der Waals surface area contributed by atoms with Gasteiger partial charge in [0.2, 0.25) is 0 Å². The average molecular weight is 304 g/mol. The lowest BCUT2D eigenvalue weighted by atomic mass is 10.1. The van der Waals surface area contributed by atoms with E-state index in [2.05, 4.69) is 19.2 Å². The fourth-order valence-corrected chi connectivity index (χ4v) is 1.97. The Morgan fingerprint density at radius 3 is 2.80 bits per heavy atom. The molecule has 3 nitrogen and oxygen atoms in total. The van der Waals surface area contributed by atoms with Crippen LogP contribution in [0.25, 0.3) is 0 Å². The van der Waals surface area contributed by atoms with Crippen molar-refractivity contribution >= 4 is 17.3 Å². The van der Waals surface area contributed by atoms with Crippen LogP contribution in [0.2, 0.25) is 5.02 Å². The third-order valence-electron chi connectivity index (χ3n) is 2.84. The molecule has 1 rings (SSSR count). The van der Waals surface area contributed by atoms with Crippen LogP contribution in [-0.2, 0) is 4.74 Å². The molecule has 0 aromatic heterocycles. The van der Waals surface area contributed by atoms with Crippen LogP contribution in [0.15, 0.2) is 18.2 Å². The largest absolute Gasteiger partial charge is 0.389 e. The second-order valence-electron chi connectivity index (χ2n) is 5.27. The number of ether oxygens (including phenoxy) is 1. The van der Waals surface area contributed by atoms with Gasteiger partial charge in [0.15, 0.2) is 0 Å². The summed E-state index contributed by atoms with van der Waals surface area (Å²) in [5, 5.41) is 13.0. The van der Waals surface area contributed by atoms with Crippen LogP contribution in [0.1, 0.15) is 26.7 Å². The molecule has 0 heterocycles. The topological polar surface area (TPSA) is 41.5 Å². The molecule has 1 unspecified atom stereocenters. The van der Waals surface area contributed by atoms with Crippen molar-refractivity contribution in [1.29, 1.82) is 0 Å². The molecule has 0 aliphatic rings. The minimum atomic E-state index is -0.616. The first-order valence-electron chi connectivity index (χ1n) is 6.93. The van der Waals surface area contributed by atoms with Crippen LogP contribution >= 0.6 is 11.6 Å². The number of aliphatic hydroxyl groups is 1. The van der Waals surface area contributed by atoms with E-state index >= 15 is 0 Å². The van der Waals surface area contributed by atoms with Crippen molar-refractivity contribution in [3.05, 3.63) is 29.0 Å². The lowest BCUT2D eigenvalue weighted by Gasteiger charge is -2.14. The second kappa shape index (κ2) is 9.16. The molecule has 0 radical (unpaired) electrons. The molecule has 20 heavy (non-hydrogen) atoms. The fraction of sp³-hybridized carbons (Fsp3) is 0.600. The third-order valence-corrected chi connectivity index (χ3v) is 3.15. The highest BCUT2D eigenvalue weighted by Crippen LogP contribution is 2.22. The Labute approximate surface area is 125 Å². The zero-order chi connectivity index (χ0) is 15.0. The van der Waals surface area contributed by atoms with Crippen molar-refractivity contribution in [3.8, 4) is 0 Å². The summed E-state index contributed by atoms with van der Waals surface area (Å²) in [6.45, 7) is 5.60. The van der Waals surface area contributed by atoms with E-state index in [1.54, 1.807) is 6.07 Å². The quantitative estimate of drug-likeness (QED) is 0.683. The summed E-state index contributed by atoms with van der Waals surface area (Å²) in [5.74, 6) is 0.292. The van der Waals surface area contributed by atoms with Crippen LogP contribution in [0.3, 0.4) is 0 Å². The van der Waals surface area contributed by atoms with Crippen molar-refractivity contribution in [3.63, 3.8) is 0 Å². The highest BCUT2D eigenvalue weighted by Gasteiger charge is 2.07. The van der Waals surface area contributed by atoms with Gasteiger partial charge in [-0.1, -0.05) is 25.4 Å². The number of halogens is 2. The molecular weight excluding hydrogens is 281 g/mol. The molecule has 114 valence electrons. The molecule has 0 aliphatic heterocycles. The van der Waals surface area contributed by atoms with Gasteiger partial charge in [-0.25, -0.2) is 4.39 Å². The highest BCUT2D eigenvalue weighted by atomic mass is 35.5. The molecule has 0 aliphatic carbocycles. The lowest BCUT2D eigenvalue weighted by Crippen LogP contribution is -2.25. The smallest absolute Gasteiger partial charge is 0.124 e. The molecule has 0 saturated carbocycles. The van der Waals surface area contributed by atoms with Crippen LogP contribution < -0.4 is 5.32 Å². The van der Waals surface area contributed by atoms with Gasteiger partial charge < -0.3 is 15.2 Å². The predicted molar refractivity (Wildman–Crippen MR) is 80.8 cm³/mol. The highest BCUT2D eigenvalue weighted by molar-refractivity contribution is 6.33. The summed E-state index contributed by atoms with van der Waals surface area (Å²) in [7, 11) is 0. The summed E-state index contributed by atoms with van der Waals surface area (Å²) in [4.78, 5) is 0. The molecule has 2 N–H and O–H groups in total. The Bertz CT molecular complexity index is 401. The maximum Gasteiger partial charge on any atom is 0.124 e. The van der Waals surface area contributed by atoms with E-state index in [1.807, 2.05) is 0 Å². The number of nitrogens with one attached hydrogen (secondary N) is 1. The van der Waals surface area contributed by atoms with Crippen LogP contribution in [0, 0.1) is 11.7 Å². The predicted octanol–water partition coefficient (Wildman–Crippen LogP) is 3.70. The number of hydrogen-bond donors (Lipinski definition) is 2. The van der Waals surface area contributed by atoms with Gasteiger partial charge in [-0.05, 0) is 37.0 Å². The SMILES string of the molecule is CC(C)CCCOCC(O)CNc1ccc(F)cc1Cl. The molecule has 0 bridgehead atoms. The molecule has 1 aromatic carbocycles. The molecule has 1 atom stereocenters. The zero-order valence-corrected chi connectivity index (χ0v) is 12.8. The molecule has 0 amide bonds. The number of rotatable bonds is 9. The minimum absolute atomic E-state index is 0.282. The Morgan fingerprint density at radius 1 is 1.40 bits per heavy atom. The van der Waals surface area contributed by atoms with Gasteiger partial charge in [-0.15, -0.1) is 0 Å². The van der Waals surface area contributed by atoms with E-state index in [0.29, 0.717) is 29.8 Å². The number of aliphatic hydroxyl groups excluding tert-OH is 1. The Kier molecular flexibility index (Phi) is 7.88. The van der Waals surface area contributed by atoms with Crippen molar-refractivity contribution < 1.29 is 14.2 Å². The normalized spacial score (nSPS) is 12.7. The molecule has 0 saturated heterocycles. The van der Waals surface area contributed by atoms with E-state index < -0.39 is 6.10 Å². The zero-order valence-electron chi connectivity index (χ0n) is 12.0. The maximum atomic E-state index is 12.9. The van der Waals surface area contributed by atoms with Crippen LogP contribution in [0.5, 0.6) is 0 Å². The lowest BCUT2D eigenvalue weighted by molar-refractivity contribution is 0.0409. The van der Waals surface area contributed by atoms with Gasteiger partial charge >= 0.3 is 0 Å². The summed E-state index contributed by atoms with van der Waals surface area (Å²) in [6.07, 6.45) is 1.51. The van der Waals surface area contributed by atoms with Gasteiger partial charge in [0.1, 0.15) is 5.82 Å². The minimum Gasteiger partial charge on any atom is -0.389 e. The Balaban J connectivity index is 2.18. The first-order valence-corrected chi connectivity index (χ1v) is 7.31. The summed E-state index contributed by atoms with van der Waals surface area (Å²) < 4.78 is 18.3. The van der Waals surface area contributed by atoms with E-state index in [-0.39, 0.29) is 12.4 Å².